The first-order chi connectivity index (χ1) is 24.1. The predicted molar refractivity (Wildman–Crippen MR) is 178 cm³/mol. The lowest BCUT2D eigenvalue weighted by molar-refractivity contribution is 0.0471. The van der Waals surface area contributed by atoms with Crippen molar-refractivity contribution in [3.63, 3.8) is 0 Å². The number of benzene rings is 4. The van der Waals surface area contributed by atoms with Crippen LogP contribution in [-0.4, -0.2) is 68.6 Å². The molecule has 0 amide bonds. The quantitative estimate of drug-likeness (QED) is 0.0905. The Morgan fingerprint density at radius 3 is 1.88 bits per heavy atom. The van der Waals surface area contributed by atoms with Gasteiger partial charge in [0.15, 0.2) is 5.78 Å². The first-order valence-corrected chi connectivity index (χ1v) is 19.8. The second kappa shape index (κ2) is 12.4. The lowest BCUT2D eigenvalue weighted by Crippen LogP contribution is -2.26. The van der Waals surface area contributed by atoms with Gasteiger partial charge in [-0.25, -0.2) is 4.79 Å². The molecular weight excluding hydrogens is 773 g/mol. The van der Waals surface area contributed by atoms with E-state index in [1.165, 1.54) is 36.4 Å². The summed E-state index contributed by atoms with van der Waals surface area (Å²) in [6, 6.07) is 12.5. The third-order valence-corrected chi connectivity index (χ3v) is 11.2. The van der Waals surface area contributed by atoms with Crippen molar-refractivity contribution in [1.82, 2.24) is 4.98 Å². The summed E-state index contributed by atoms with van der Waals surface area (Å²) in [5, 5.41) is 1.99. The minimum Gasteiger partial charge on any atom is -0.457 e. The third-order valence-electron chi connectivity index (χ3n) is 7.77. The minimum absolute atomic E-state index is 0.0559. The summed E-state index contributed by atoms with van der Waals surface area (Å²) < 4.78 is 141. The van der Waals surface area contributed by atoms with Gasteiger partial charge in [-0.15, -0.1) is 0 Å². The van der Waals surface area contributed by atoms with Gasteiger partial charge in [-0.05, 0) is 47.5 Å². The molecule has 0 fully saturated rings. The molecule has 52 heavy (non-hydrogen) atoms. The molecule has 270 valence electrons. The van der Waals surface area contributed by atoms with Crippen LogP contribution >= 0.6 is 0 Å². The minimum atomic E-state index is -5.32. The van der Waals surface area contributed by atoms with E-state index in [0.717, 1.165) is 18.2 Å². The number of rotatable bonds is 9. The number of aromatic nitrogens is 1. The maximum absolute atomic E-state index is 14.1. The number of pyridine rings is 1. The van der Waals surface area contributed by atoms with Crippen LogP contribution in [0.1, 0.15) is 31.8 Å². The molecule has 0 unspecified atom stereocenters. The topological polar surface area (TPSA) is 306 Å². The molecular formula is C30H20N2O16S4. The van der Waals surface area contributed by atoms with Crippen molar-refractivity contribution < 1.29 is 66.2 Å². The van der Waals surface area contributed by atoms with Gasteiger partial charge in [0, 0.05) is 16.5 Å². The molecule has 18 nitrogen and oxygen atoms in total. The number of ketones is 1. The number of hydrogen-bond donors (Lipinski definition) is 6. The summed E-state index contributed by atoms with van der Waals surface area (Å²) in [6.07, 6.45) is 0. The van der Waals surface area contributed by atoms with E-state index in [1.807, 2.05) is 0 Å². The van der Waals surface area contributed by atoms with Crippen LogP contribution in [0.3, 0.4) is 0 Å². The predicted octanol–water partition coefficient (Wildman–Crippen LogP) is 2.83. The van der Waals surface area contributed by atoms with E-state index in [-0.39, 0.29) is 22.3 Å². The number of anilines is 2. The number of nitrogens with one attached hydrogen (secondary N) is 2. The molecule has 1 heterocycles. The maximum atomic E-state index is 14.1. The van der Waals surface area contributed by atoms with E-state index in [0.29, 0.717) is 18.2 Å². The summed E-state index contributed by atoms with van der Waals surface area (Å²) in [7, 11) is -20.3. The molecule has 4 aromatic carbocycles. The molecule has 0 saturated carbocycles. The Morgan fingerprint density at radius 2 is 1.27 bits per heavy atom. The summed E-state index contributed by atoms with van der Waals surface area (Å²) in [5.41, 5.74) is -4.99. The number of hydrogen-bond acceptors (Lipinski definition) is 13. The third kappa shape index (κ3) is 6.59. The fourth-order valence-corrected chi connectivity index (χ4v) is 8.11. The van der Waals surface area contributed by atoms with Gasteiger partial charge in [-0.2, -0.15) is 33.7 Å². The number of esters is 1. The van der Waals surface area contributed by atoms with Gasteiger partial charge in [0.2, 0.25) is 0 Å². The normalized spacial score (nSPS) is 13.1. The Balaban J connectivity index is 1.64. The summed E-state index contributed by atoms with van der Waals surface area (Å²) in [6.45, 7) is -0.650. The Labute approximate surface area is 292 Å². The molecule has 1 aliphatic rings. The van der Waals surface area contributed by atoms with Crippen LogP contribution < -0.4 is 10.9 Å². The van der Waals surface area contributed by atoms with Gasteiger partial charge in [0.1, 0.15) is 22.0 Å². The number of carbonyl (C=O) groups excluding carboxylic acids is 2. The smallest absolute Gasteiger partial charge is 0.344 e. The van der Waals surface area contributed by atoms with E-state index in [2.05, 4.69) is 10.3 Å². The van der Waals surface area contributed by atoms with E-state index < -0.39 is 117 Å². The Hall–Kier alpha value is -5.33. The van der Waals surface area contributed by atoms with Crippen LogP contribution in [0.25, 0.3) is 22.0 Å². The SMILES string of the molecule is O=C(OCc1cccc(S(=O)(=O)O)c1)c1c2c3c(c(Nc4ccc(S(=O)(=O)O)cc4S(=O)(=O)O)cc(S(=O)(=O)O)c3[nH]c1=O)C(=O)c1ccccc1-2. The zero-order valence-electron chi connectivity index (χ0n) is 25.5. The number of H-pyrrole nitrogens is 1. The average Bonchev–Trinajstić information content (AvgIpc) is 3.04. The van der Waals surface area contributed by atoms with Gasteiger partial charge in [-0.3, -0.25) is 27.8 Å². The van der Waals surface area contributed by atoms with Gasteiger partial charge < -0.3 is 15.0 Å². The Kier molecular flexibility index (Phi) is 8.71. The molecule has 0 spiro atoms. The molecule has 5 aromatic rings. The molecule has 6 N–H and O–H groups in total. The molecule has 0 bridgehead atoms. The zero-order chi connectivity index (χ0) is 38.1. The van der Waals surface area contributed by atoms with E-state index in [9.17, 15) is 66.3 Å². The molecule has 0 saturated heterocycles. The molecule has 0 atom stereocenters. The molecule has 0 radical (unpaired) electrons. The van der Waals surface area contributed by atoms with Crippen molar-refractivity contribution >= 4 is 74.5 Å². The molecule has 1 aromatic heterocycles. The highest BCUT2D eigenvalue weighted by atomic mass is 32.2. The van der Waals surface area contributed by atoms with Crippen molar-refractivity contribution in [2.24, 2.45) is 0 Å². The highest BCUT2D eigenvalue weighted by molar-refractivity contribution is 7.87. The standard InChI is InChI=1S/C30H20N2O16S4/c33-28-18-7-2-1-6-17(18)23-25-24(28)20(31-19-9-8-16(50(39,40)41)11-21(19)51(42,43)44)12-22(52(45,46)47)27(25)32-29(34)26(23)30(35)48-13-14-4-3-5-15(10-14)49(36,37)38/h1-12,31H,13H2,(H,32,34)(H,36,37,38)(H,39,40,41)(H,42,43,44)(H,45,46,47). The lowest BCUT2D eigenvalue weighted by Gasteiger charge is -2.25. The number of fused-ring (bicyclic) bond motifs is 2. The van der Waals surface area contributed by atoms with Crippen molar-refractivity contribution in [3.05, 3.63) is 105 Å². The van der Waals surface area contributed by atoms with Crippen molar-refractivity contribution in [3.8, 4) is 11.1 Å². The van der Waals surface area contributed by atoms with E-state index in [4.69, 9.17) is 4.74 Å². The fraction of sp³-hybridized carbons (Fsp3) is 0.0333. The largest absolute Gasteiger partial charge is 0.457 e. The van der Waals surface area contributed by atoms with E-state index in [1.54, 1.807) is 0 Å². The molecule has 22 heteroatoms. The van der Waals surface area contributed by atoms with Crippen molar-refractivity contribution in [2.45, 2.75) is 26.2 Å². The molecule has 0 aliphatic heterocycles. The Morgan fingerprint density at radius 1 is 0.654 bits per heavy atom. The average molecular weight is 793 g/mol. The van der Waals surface area contributed by atoms with Crippen LogP contribution in [0.5, 0.6) is 0 Å². The first kappa shape index (κ1) is 36.5. The van der Waals surface area contributed by atoms with Gasteiger partial charge >= 0.3 is 5.97 Å². The van der Waals surface area contributed by atoms with Gasteiger partial charge in [0.05, 0.1) is 32.2 Å². The van der Waals surface area contributed by atoms with Crippen molar-refractivity contribution in [2.75, 3.05) is 5.32 Å². The molecule has 1 aliphatic carbocycles. The van der Waals surface area contributed by atoms with Crippen LogP contribution in [-0.2, 0) is 51.8 Å². The Bertz CT molecular complexity index is 2940. The zero-order valence-corrected chi connectivity index (χ0v) is 28.7. The maximum Gasteiger partial charge on any atom is 0.344 e. The number of aromatic amines is 1. The second-order valence-corrected chi connectivity index (χ2v) is 16.7. The monoisotopic (exact) mass is 792 g/mol. The molecule has 6 rings (SSSR count). The highest BCUT2D eigenvalue weighted by Crippen LogP contribution is 2.45. The van der Waals surface area contributed by atoms with Gasteiger partial charge in [0.25, 0.3) is 46.0 Å². The summed E-state index contributed by atoms with van der Waals surface area (Å²) >= 11 is 0. The van der Waals surface area contributed by atoms with Crippen LogP contribution in [0.2, 0.25) is 0 Å². The van der Waals surface area contributed by atoms with Crippen LogP contribution in [0.4, 0.5) is 11.4 Å². The number of ether oxygens (including phenoxy) is 1. The fourth-order valence-electron chi connectivity index (χ4n) is 5.62. The highest BCUT2D eigenvalue weighted by Gasteiger charge is 2.36. The number of carbonyl (C=O) groups is 2. The van der Waals surface area contributed by atoms with Crippen LogP contribution in [0.15, 0.2) is 97.2 Å². The van der Waals surface area contributed by atoms with Crippen molar-refractivity contribution in [1.29, 1.82) is 0 Å². The summed E-state index contributed by atoms with van der Waals surface area (Å²) in [5.74, 6) is -2.24. The van der Waals surface area contributed by atoms with E-state index >= 15 is 0 Å². The lowest BCUT2D eigenvalue weighted by atomic mass is 9.81. The summed E-state index contributed by atoms with van der Waals surface area (Å²) in [4.78, 5) is 39.8. The second-order valence-electron chi connectivity index (χ2n) is 11.0. The van der Waals surface area contributed by atoms with Crippen LogP contribution in [0, 0.1) is 0 Å². The van der Waals surface area contributed by atoms with Gasteiger partial charge in [-0.1, -0.05) is 36.4 Å². The first-order valence-electron chi connectivity index (χ1n) is 14.1.